The molecule has 4 rings (SSSR count). The number of carbonyl (C=O) groups excluding carboxylic acids is 2. The van der Waals surface area contributed by atoms with Gasteiger partial charge in [-0.25, -0.2) is 9.37 Å². The zero-order valence-corrected chi connectivity index (χ0v) is 17.5. The van der Waals surface area contributed by atoms with Gasteiger partial charge in [0, 0.05) is 16.9 Å². The van der Waals surface area contributed by atoms with Crippen molar-refractivity contribution in [2.24, 2.45) is 0 Å². The Morgan fingerprint density at radius 2 is 1.59 bits per heavy atom. The second-order valence-corrected chi connectivity index (χ2v) is 7.29. The minimum absolute atomic E-state index is 0.0502. The van der Waals surface area contributed by atoms with Crippen molar-refractivity contribution in [2.75, 3.05) is 10.6 Å². The maximum absolute atomic E-state index is 13.5. The van der Waals surface area contributed by atoms with Crippen LogP contribution in [0.15, 0.2) is 77.5 Å². The van der Waals surface area contributed by atoms with E-state index in [1.165, 1.54) is 18.2 Å². The summed E-state index contributed by atoms with van der Waals surface area (Å²) in [5.41, 5.74) is 3.80. The molecule has 0 radical (unpaired) electrons. The van der Waals surface area contributed by atoms with Crippen molar-refractivity contribution < 1.29 is 18.4 Å². The molecule has 32 heavy (non-hydrogen) atoms. The number of anilines is 2. The van der Waals surface area contributed by atoms with Gasteiger partial charge in [-0.15, -0.1) is 0 Å². The Hall–Kier alpha value is -4.26. The first kappa shape index (κ1) is 21.0. The minimum Gasteiger partial charge on any atom is -0.443 e. The third-order valence-corrected chi connectivity index (χ3v) is 5.05. The summed E-state index contributed by atoms with van der Waals surface area (Å²) in [6.45, 7) is 3.95. The van der Waals surface area contributed by atoms with E-state index in [0.717, 1.165) is 17.5 Å². The highest BCUT2D eigenvalue weighted by molar-refractivity contribution is 6.11. The van der Waals surface area contributed by atoms with Crippen LogP contribution in [0.4, 0.5) is 15.8 Å². The molecule has 0 unspecified atom stereocenters. The van der Waals surface area contributed by atoms with Crippen LogP contribution < -0.4 is 10.6 Å². The predicted octanol–water partition coefficient (Wildman–Crippen LogP) is 5.60. The number of hydrogen-bond donors (Lipinski definition) is 2. The maximum atomic E-state index is 13.5. The Kier molecular flexibility index (Phi) is 5.81. The molecule has 6 nitrogen and oxygen atoms in total. The summed E-state index contributed by atoms with van der Waals surface area (Å²) < 4.78 is 19.0. The average molecular weight is 429 g/mol. The van der Waals surface area contributed by atoms with Crippen LogP contribution in [-0.2, 0) is 0 Å². The molecule has 4 aromatic rings. The highest BCUT2D eigenvalue weighted by Crippen LogP contribution is 2.28. The molecule has 1 aromatic heterocycles. The van der Waals surface area contributed by atoms with Crippen molar-refractivity contribution in [3.05, 3.63) is 101 Å². The normalized spacial score (nSPS) is 10.6. The molecule has 0 bridgehead atoms. The number of amides is 2. The summed E-state index contributed by atoms with van der Waals surface area (Å²) in [7, 11) is 0. The van der Waals surface area contributed by atoms with E-state index in [1.807, 2.05) is 26.0 Å². The number of carbonyl (C=O) groups is 2. The van der Waals surface area contributed by atoms with Crippen molar-refractivity contribution in [1.29, 1.82) is 0 Å². The molecule has 0 aliphatic carbocycles. The average Bonchev–Trinajstić information content (AvgIpc) is 3.26. The Morgan fingerprint density at radius 3 is 2.38 bits per heavy atom. The number of nitrogens with zero attached hydrogens (tertiary/aromatic N) is 1. The second kappa shape index (κ2) is 8.85. The Bertz CT molecular complexity index is 1310. The van der Waals surface area contributed by atoms with E-state index in [9.17, 15) is 14.0 Å². The Balaban J connectivity index is 1.63. The monoisotopic (exact) mass is 429 g/mol. The van der Waals surface area contributed by atoms with Crippen LogP contribution in [0.3, 0.4) is 0 Å². The number of aromatic nitrogens is 1. The zero-order valence-electron chi connectivity index (χ0n) is 17.5. The molecular formula is C25H20FN3O3. The lowest BCUT2D eigenvalue weighted by Gasteiger charge is -2.10. The fourth-order valence-electron chi connectivity index (χ4n) is 3.25. The van der Waals surface area contributed by atoms with Gasteiger partial charge in [0.25, 0.3) is 11.8 Å². The molecular weight excluding hydrogens is 409 g/mol. The molecule has 2 N–H and O–H groups in total. The molecule has 7 heteroatoms. The first-order chi connectivity index (χ1) is 15.4. The van der Waals surface area contributed by atoms with E-state index in [-0.39, 0.29) is 17.0 Å². The van der Waals surface area contributed by atoms with Crippen LogP contribution in [0.5, 0.6) is 0 Å². The first-order valence-electron chi connectivity index (χ1n) is 9.91. The van der Waals surface area contributed by atoms with Crippen molar-refractivity contribution in [3.63, 3.8) is 0 Å². The summed E-state index contributed by atoms with van der Waals surface area (Å²) >= 11 is 0. The van der Waals surface area contributed by atoms with Gasteiger partial charge < -0.3 is 15.1 Å². The van der Waals surface area contributed by atoms with Gasteiger partial charge in [-0.2, -0.15) is 0 Å². The van der Waals surface area contributed by atoms with E-state index in [1.54, 1.807) is 36.4 Å². The van der Waals surface area contributed by atoms with Gasteiger partial charge in [0.1, 0.15) is 5.82 Å². The van der Waals surface area contributed by atoms with Crippen LogP contribution in [-0.4, -0.2) is 16.8 Å². The van der Waals surface area contributed by atoms with E-state index in [0.29, 0.717) is 16.9 Å². The Labute approximate surface area is 184 Å². The lowest BCUT2D eigenvalue weighted by atomic mass is 10.0. The van der Waals surface area contributed by atoms with Crippen molar-refractivity contribution in [1.82, 2.24) is 4.98 Å². The highest BCUT2D eigenvalue weighted by Gasteiger charge is 2.23. The fourth-order valence-corrected chi connectivity index (χ4v) is 3.25. The lowest BCUT2D eigenvalue weighted by Crippen LogP contribution is -2.16. The second-order valence-electron chi connectivity index (χ2n) is 7.29. The van der Waals surface area contributed by atoms with Crippen LogP contribution >= 0.6 is 0 Å². The van der Waals surface area contributed by atoms with Gasteiger partial charge >= 0.3 is 0 Å². The molecule has 0 atom stereocenters. The summed E-state index contributed by atoms with van der Waals surface area (Å²) in [5, 5.41) is 5.47. The first-order valence-corrected chi connectivity index (χ1v) is 9.91. The molecule has 0 aliphatic rings. The number of aryl methyl sites for hydroxylation is 2. The Morgan fingerprint density at radius 1 is 0.844 bits per heavy atom. The number of benzene rings is 3. The topological polar surface area (TPSA) is 84.2 Å². The largest absolute Gasteiger partial charge is 0.443 e. The standard InChI is InChI=1S/C25H20FN3O3/c1-15-10-11-19(12-16(15)2)29-25(31)22-23(32-14-27-22)20-8-3-4-9-21(20)24(30)28-18-7-5-6-17(26)13-18/h3-14H,1-2H3,(H,28,30)(H,29,31). The smallest absolute Gasteiger partial charge is 0.278 e. The quantitative estimate of drug-likeness (QED) is 0.432. The van der Waals surface area contributed by atoms with Gasteiger partial charge in [-0.05, 0) is 61.4 Å². The molecule has 2 amide bonds. The number of hydrogen-bond acceptors (Lipinski definition) is 4. The summed E-state index contributed by atoms with van der Waals surface area (Å²) in [5.74, 6) is -1.23. The molecule has 3 aromatic carbocycles. The van der Waals surface area contributed by atoms with Crippen LogP contribution in [0.1, 0.15) is 32.0 Å². The fraction of sp³-hybridized carbons (Fsp3) is 0.0800. The van der Waals surface area contributed by atoms with E-state index >= 15 is 0 Å². The van der Waals surface area contributed by atoms with E-state index in [2.05, 4.69) is 15.6 Å². The van der Waals surface area contributed by atoms with Gasteiger partial charge in [0.15, 0.2) is 17.8 Å². The summed E-state index contributed by atoms with van der Waals surface area (Å²) in [6.07, 6.45) is 1.16. The van der Waals surface area contributed by atoms with Crippen LogP contribution in [0, 0.1) is 19.7 Å². The minimum atomic E-state index is -0.469. The van der Waals surface area contributed by atoms with Crippen LogP contribution in [0.25, 0.3) is 11.3 Å². The number of oxazole rings is 1. The van der Waals surface area contributed by atoms with Crippen molar-refractivity contribution in [3.8, 4) is 11.3 Å². The molecule has 160 valence electrons. The third kappa shape index (κ3) is 4.41. The summed E-state index contributed by atoms with van der Waals surface area (Å²) in [4.78, 5) is 29.9. The molecule has 0 spiro atoms. The molecule has 0 saturated carbocycles. The molecule has 0 aliphatic heterocycles. The zero-order chi connectivity index (χ0) is 22.7. The van der Waals surface area contributed by atoms with Gasteiger partial charge in [-0.3, -0.25) is 9.59 Å². The number of nitrogens with one attached hydrogen (secondary N) is 2. The van der Waals surface area contributed by atoms with Crippen molar-refractivity contribution >= 4 is 23.2 Å². The van der Waals surface area contributed by atoms with Gasteiger partial charge in [0.2, 0.25) is 0 Å². The number of halogens is 1. The molecule has 0 fully saturated rings. The SMILES string of the molecule is Cc1ccc(NC(=O)c2ncoc2-c2ccccc2C(=O)Nc2cccc(F)c2)cc1C. The number of rotatable bonds is 5. The molecule has 0 saturated heterocycles. The van der Waals surface area contributed by atoms with Gasteiger partial charge in [0.05, 0.1) is 5.56 Å². The van der Waals surface area contributed by atoms with Crippen LogP contribution in [0.2, 0.25) is 0 Å². The van der Waals surface area contributed by atoms with E-state index < -0.39 is 17.6 Å². The van der Waals surface area contributed by atoms with E-state index in [4.69, 9.17) is 4.42 Å². The van der Waals surface area contributed by atoms with Gasteiger partial charge in [-0.1, -0.05) is 30.3 Å². The lowest BCUT2D eigenvalue weighted by molar-refractivity contribution is 0.101. The van der Waals surface area contributed by atoms with Crippen molar-refractivity contribution in [2.45, 2.75) is 13.8 Å². The third-order valence-electron chi connectivity index (χ3n) is 5.05. The molecule has 1 heterocycles. The highest BCUT2D eigenvalue weighted by atomic mass is 19.1. The maximum Gasteiger partial charge on any atom is 0.278 e. The summed E-state index contributed by atoms with van der Waals surface area (Å²) in [6, 6.07) is 17.9. The predicted molar refractivity (Wildman–Crippen MR) is 120 cm³/mol.